The van der Waals surface area contributed by atoms with E-state index in [1.807, 2.05) is 47.0 Å². The molecule has 4 heteroatoms. The van der Waals surface area contributed by atoms with Crippen molar-refractivity contribution in [2.24, 2.45) is 0 Å². The molecule has 0 amide bonds. The highest BCUT2D eigenvalue weighted by molar-refractivity contribution is 8.32. The van der Waals surface area contributed by atoms with Gasteiger partial charge in [0.25, 0.3) is 0 Å². The molecule has 0 bridgehead atoms. The van der Waals surface area contributed by atoms with Crippen molar-refractivity contribution in [3.05, 3.63) is 95.4 Å². The van der Waals surface area contributed by atoms with Gasteiger partial charge in [-0.15, -0.1) is 0 Å². The fraction of sp³-hybridized carbons (Fsp3) is 0. The molecule has 4 aromatic rings. The van der Waals surface area contributed by atoms with E-state index in [4.69, 9.17) is 0 Å². The number of hydrogen-bond acceptors (Lipinski definition) is 4. The van der Waals surface area contributed by atoms with Crippen LogP contribution in [0.15, 0.2) is 105 Å². The molecule has 0 atom stereocenters. The van der Waals surface area contributed by atoms with E-state index in [1.165, 1.54) is 49.3 Å². The first-order valence-electron chi connectivity index (χ1n) is 9.03. The number of fused-ring (bicyclic) bond motifs is 3. The highest BCUT2D eigenvalue weighted by Gasteiger charge is 2.20. The Kier molecular flexibility index (Phi) is 4.27. The summed E-state index contributed by atoms with van der Waals surface area (Å²) in [4.78, 5) is 5.45. The molecule has 2 aliphatic rings. The molecular formula is C24H14S4. The molecule has 0 N–H and O–H groups in total. The highest BCUT2D eigenvalue weighted by Crippen LogP contribution is 2.52. The zero-order valence-corrected chi connectivity index (χ0v) is 18.0. The van der Waals surface area contributed by atoms with E-state index < -0.39 is 0 Å². The Morgan fingerprint density at radius 2 is 0.679 bits per heavy atom. The van der Waals surface area contributed by atoms with Crippen LogP contribution in [0.4, 0.5) is 0 Å². The van der Waals surface area contributed by atoms with Crippen molar-refractivity contribution in [3.63, 3.8) is 0 Å². The van der Waals surface area contributed by atoms with Gasteiger partial charge in [0.05, 0.1) is 8.47 Å². The molecule has 134 valence electrons. The van der Waals surface area contributed by atoms with E-state index in [1.54, 1.807) is 0 Å². The molecule has 0 aliphatic carbocycles. The van der Waals surface area contributed by atoms with Crippen LogP contribution in [0.3, 0.4) is 0 Å². The Labute approximate surface area is 180 Å². The highest BCUT2D eigenvalue weighted by atomic mass is 32.2. The topological polar surface area (TPSA) is 0 Å². The summed E-state index contributed by atoms with van der Waals surface area (Å²) in [7, 11) is 0. The third-order valence-electron chi connectivity index (χ3n) is 4.87. The Hall–Kier alpha value is -1.72. The van der Waals surface area contributed by atoms with E-state index in [2.05, 4.69) is 84.9 Å². The van der Waals surface area contributed by atoms with Crippen LogP contribution in [0.5, 0.6) is 0 Å². The Morgan fingerprint density at radius 3 is 1.04 bits per heavy atom. The average Bonchev–Trinajstić information content (AvgIpc) is 3.37. The number of rotatable bonds is 0. The van der Waals surface area contributed by atoms with Crippen molar-refractivity contribution in [3.8, 4) is 0 Å². The number of hydrogen-bond donors (Lipinski definition) is 0. The summed E-state index contributed by atoms with van der Waals surface area (Å²) in [6, 6.07) is 30.8. The normalized spacial score (nSPS) is 15.1. The largest absolute Gasteiger partial charge is 0.0809 e. The van der Waals surface area contributed by atoms with Crippen LogP contribution >= 0.6 is 47.0 Å². The van der Waals surface area contributed by atoms with Crippen LogP contribution in [-0.4, -0.2) is 0 Å². The Morgan fingerprint density at radius 1 is 0.357 bits per heavy atom. The molecule has 0 spiro atoms. The average molecular weight is 431 g/mol. The number of thioether (sulfide) groups is 4. The van der Waals surface area contributed by atoms with Gasteiger partial charge in [-0.2, -0.15) is 0 Å². The molecule has 4 aromatic carbocycles. The lowest BCUT2D eigenvalue weighted by Crippen LogP contribution is -2.13. The van der Waals surface area contributed by atoms with E-state index >= 15 is 0 Å². The maximum Gasteiger partial charge on any atom is 0.0578 e. The molecule has 28 heavy (non-hydrogen) atoms. The van der Waals surface area contributed by atoms with Crippen LogP contribution < -0.4 is 10.4 Å². The second kappa shape index (κ2) is 6.96. The van der Waals surface area contributed by atoms with Crippen molar-refractivity contribution < 1.29 is 0 Å². The third-order valence-corrected chi connectivity index (χ3v) is 10.1. The fourth-order valence-electron chi connectivity index (χ4n) is 3.55. The fourth-order valence-corrected chi connectivity index (χ4v) is 8.68. The van der Waals surface area contributed by atoms with Crippen molar-refractivity contribution in [1.82, 2.24) is 0 Å². The summed E-state index contributed by atoms with van der Waals surface area (Å²) in [5.41, 5.74) is 0. The van der Waals surface area contributed by atoms with Crippen LogP contribution in [0.1, 0.15) is 0 Å². The summed E-state index contributed by atoms with van der Waals surface area (Å²) in [5.74, 6) is 0. The van der Waals surface area contributed by atoms with E-state index in [0.717, 1.165) is 0 Å². The van der Waals surface area contributed by atoms with E-state index in [-0.39, 0.29) is 0 Å². The van der Waals surface area contributed by atoms with Crippen molar-refractivity contribution in [2.45, 2.75) is 19.6 Å². The quantitative estimate of drug-likeness (QED) is 0.302. The van der Waals surface area contributed by atoms with Crippen LogP contribution in [0.25, 0.3) is 19.2 Å². The predicted octanol–water partition coefficient (Wildman–Crippen LogP) is 6.77. The van der Waals surface area contributed by atoms with Gasteiger partial charge in [0.1, 0.15) is 0 Å². The first kappa shape index (κ1) is 17.2. The summed E-state index contributed by atoms with van der Waals surface area (Å²) in [5, 5.41) is 5.37. The summed E-state index contributed by atoms with van der Waals surface area (Å²) < 4.78 is 2.76. The second-order valence-corrected chi connectivity index (χ2v) is 11.3. The van der Waals surface area contributed by atoms with Gasteiger partial charge >= 0.3 is 0 Å². The Bertz CT molecular complexity index is 1210. The minimum absolute atomic E-state index is 1.34. The molecule has 2 heterocycles. The monoisotopic (exact) mass is 430 g/mol. The second-order valence-electron chi connectivity index (χ2n) is 6.58. The first-order valence-corrected chi connectivity index (χ1v) is 12.3. The molecule has 0 saturated carbocycles. The van der Waals surface area contributed by atoms with Crippen molar-refractivity contribution >= 4 is 66.3 Å². The maximum absolute atomic E-state index is 2.32. The molecule has 0 fully saturated rings. The van der Waals surface area contributed by atoms with Gasteiger partial charge in [0.15, 0.2) is 0 Å². The van der Waals surface area contributed by atoms with Crippen LogP contribution in [0.2, 0.25) is 0 Å². The third kappa shape index (κ3) is 2.82. The molecule has 0 aromatic heterocycles. The van der Waals surface area contributed by atoms with Gasteiger partial charge < -0.3 is 0 Å². The van der Waals surface area contributed by atoms with E-state index in [9.17, 15) is 0 Å². The first-order chi connectivity index (χ1) is 13.9. The molecule has 0 saturated heterocycles. The molecule has 0 nitrogen and oxygen atoms in total. The zero-order chi connectivity index (χ0) is 18.5. The van der Waals surface area contributed by atoms with Crippen molar-refractivity contribution in [1.29, 1.82) is 0 Å². The lowest BCUT2D eigenvalue weighted by molar-refractivity contribution is 1.27. The van der Waals surface area contributed by atoms with Gasteiger partial charge in [-0.1, -0.05) is 108 Å². The standard InChI is InChI=1S/C24H14S4/c1-2-8-16-15(7-1)17(23-25-19-9-3-4-10-20(19)26-23)13-14-18(16)24-27-21-11-5-6-12-22(21)28-24/h1-14H. The predicted molar refractivity (Wildman–Crippen MR) is 126 cm³/mol. The van der Waals surface area contributed by atoms with Crippen LogP contribution in [-0.2, 0) is 0 Å². The lowest BCUT2D eigenvalue weighted by Gasteiger charge is -2.05. The lowest BCUT2D eigenvalue weighted by atomic mass is 10.1. The van der Waals surface area contributed by atoms with Gasteiger partial charge in [-0.25, -0.2) is 0 Å². The molecule has 0 radical (unpaired) electrons. The molecule has 0 unspecified atom stereocenters. The van der Waals surface area contributed by atoms with Crippen LogP contribution in [0, 0.1) is 0 Å². The summed E-state index contributed by atoms with van der Waals surface area (Å²) >= 11 is 7.58. The Balaban J connectivity index is 1.58. The maximum atomic E-state index is 2.32. The van der Waals surface area contributed by atoms with Gasteiger partial charge in [-0.3, -0.25) is 0 Å². The van der Waals surface area contributed by atoms with Gasteiger partial charge in [-0.05, 0) is 35.0 Å². The molecular weight excluding hydrogens is 417 g/mol. The smallest absolute Gasteiger partial charge is 0.0578 e. The summed E-state index contributed by atoms with van der Waals surface area (Å²) in [6.07, 6.45) is 0. The minimum Gasteiger partial charge on any atom is -0.0809 e. The zero-order valence-electron chi connectivity index (χ0n) is 14.7. The SMILES string of the molecule is c1ccc2c(c1)SC(=c1ccc(=C3Sc4ccccc4S3)c3ccccc13)S2. The minimum atomic E-state index is 1.34. The number of benzene rings is 4. The molecule has 2 aliphatic heterocycles. The molecule has 6 rings (SSSR count). The summed E-state index contributed by atoms with van der Waals surface area (Å²) in [6.45, 7) is 0. The van der Waals surface area contributed by atoms with Gasteiger partial charge in [0, 0.05) is 30.0 Å². The van der Waals surface area contributed by atoms with E-state index in [0.29, 0.717) is 0 Å². The van der Waals surface area contributed by atoms with Gasteiger partial charge in [0.2, 0.25) is 0 Å². The van der Waals surface area contributed by atoms with Crippen molar-refractivity contribution in [2.75, 3.05) is 0 Å².